The summed E-state index contributed by atoms with van der Waals surface area (Å²) < 4.78 is 2.03. The van der Waals surface area contributed by atoms with E-state index in [0.717, 1.165) is 6.54 Å². The SMILES string of the molecule is Cc1cnn(CCCC(C)(C)C)c1. The fourth-order valence-corrected chi connectivity index (χ4v) is 1.36. The Morgan fingerprint density at radius 2 is 2.08 bits per heavy atom. The fraction of sp³-hybridized carbons (Fsp3) is 0.727. The Morgan fingerprint density at radius 3 is 2.54 bits per heavy atom. The lowest BCUT2D eigenvalue weighted by Gasteiger charge is -2.17. The molecule has 13 heavy (non-hydrogen) atoms. The summed E-state index contributed by atoms with van der Waals surface area (Å²) >= 11 is 0. The molecule has 0 aromatic carbocycles. The van der Waals surface area contributed by atoms with Gasteiger partial charge in [0, 0.05) is 12.7 Å². The van der Waals surface area contributed by atoms with Crippen LogP contribution in [0.1, 0.15) is 39.2 Å². The van der Waals surface area contributed by atoms with E-state index in [4.69, 9.17) is 0 Å². The molecule has 0 aliphatic rings. The number of aryl methyl sites for hydroxylation is 2. The van der Waals surface area contributed by atoms with Crippen molar-refractivity contribution in [3.63, 3.8) is 0 Å². The predicted octanol–water partition coefficient (Wildman–Crippen LogP) is 3.02. The molecule has 0 aliphatic carbocycles. The van der Waals surface area contributed by atoms with E-state index in [1.807, 2.05) is 10.9 Å². The van der Waals surface area contributed by atoms with Crippen molar-refractivity contribution < 1.29 is 0 Å². The zero-order chi connectivity index (χ0) is 9.90. The van der Waals surface area contributed by atoms with Crippen molar-refractivity contribution in [1.82, 2.24) is 9.78 Å². The Kier molecular flexibility index (Phi) is 3.12. The number of rotatable bonds is 3. The summed E-state index contributed by atoms with van der Waals surface area (Å²) in [4.78, 5) is 0. The molecule has 1 aromatic rings. The van der Waals surface area contributed by atoms with Crippen molar-refractivity contribution in [2.75, 3.05) is 0 Å². The van der Waals surface area contributed by atoms with Gasteiger partial charge in [-0.25, -0.2) is 0 Å². The maximum atomic E-state index is 4.25. The van der Waals surface area contributed by atoms with Crippen LogP contribution in [0.3, 0.4) is 0 Å². The molecule has 2 heteroatoms. The van der Waals surface area contributed by atoms with Gasteiger partial charge >= 0.3 is 0 Å². The highest BCUT2D eigenvalue weighted by Gasteiger charge is 2.09. The Hall–Kier alpha value is -0.790. The molecule has 0 bridgehead atoms. The van der Waals surface area contributed by atoms with Crippen molar-refractivity contribution in [2.45, 2.75) is 47.1 Å². The van der Waals surface area contributed by atoms with Gasteiger partial charge in [0.15, 0.2) is 0 Å². The van der Waals surface area contributed by atoms with Gasteiger partial charge < -0.3 is 0 Å². The summed E-state index contributed by atoms with van der Waals surface area (Å²) in [5.41, 5.74) is 1.69. The lowest BCUT2D eigenvalue weighted by molar-refractivity contribution is 0.349. The molecule has 0 atom stereocenters. The van der Waals surface area contributed by atoms with Crippen LogP contribution in [0.15, 0.2) is 12.4 Å². The average Bonchev–Trinajstić information content (AvgIpc) is 2.33. The van der Waals surface area contributed by atoms with Crippen molar-refractivity contribution in [2.24, 2.45) is 5.41 Å². The first-order valence-corrected chi connectivity index (χ1v) is 4.96. The van der Waals surface area contributed by atoms with Gasteiger partial charge in [0.1, 0.15) is 0 Å². The van der Waals surface area contributed by atoms with E-state index in [0.29, 0.717) is 5.41 Å². The number of hydrogen-bond acceptors (Lipinski definition) is 1. The van der Waals surface area contributed by atoms with Crippen LogP contribution in [0, 0.1) is 12.3 Å². The number of aromatic nitrogens is 2. The quantitative estimate of drug-likeness (QED) is 0.699. The standard InChI is InChI=1S/C11H20N2/c1-10-8-12-13(9-10)7-5-6-11(2,3)4/h8-9H,5-7H2,1-4H3. The molecule has 2 nitrogen and oxygen atoms in total. The second kappa shape index (κ2) is 3.95. The molecule has 0 radical (unpaired) electrons. The monoisotopic (exact) mass is 180 g/mol. The van der Waals surface area contributed by atoms with Crippen LogP contribution in [-0.4, -0.2) is 9.78 Å². The minimum absolute atomic E-state index is 0.447. The van der Waals surface area contributed by atoms with Crippen molar-refractivity contribution in [3.05, 3.63) is 18.0 Å². The van der Waals surface area contributed by atoms with Crippen LogP contribution in [0.4, 0.5) is 0 Å². The molecule has 74 valence electrons. The number of hydrogen-bond donors (Lipinski definition) is 0. The summed E-state index contributed by atoms with van der Waals surface area (Å²) in [7, 11) is 0. The lowest BCUT2D eigenvalue weighted by atomic mass is 9.91. The third-order valence-electron chi connectivity index (χ3n) is 2.08. The first-order chi connectivity index (χ1) is 5.97. The second-order valence-electron chi connectivity index (χ2n) is 4.94. The minimum Gasteiger partial charge on any atom is -0.272 e. The summed E-state index contributed by atoms with van der Waals surface area (Å²) in [5.74, 6) is 0. The summed E-state index contributed by atoms with van der Waals surface area (Å²) in [6, 6.07) is 0. The van der Waals surface area contributed by atoms with E-state index < -0.39 is 0 Å². The van der Waals surface area contributed by atoms with Gasteiger partial charge in [0.2, 0.25) is 0 Å². The van der Waals surface area contributed by atoms with E-state index in [-0.39, 0.29) is 0 Å². The molecule has 0 aliphatic heterocycles. The van der Waals surface area contributed by atoms with Gasteiger partial charge in [-0.3, -0.25) is 4.68 Å². The minimum atomic E-state index is 0.447. The van der Waals surface area contributed by atoms with Crippen LogP contribution in [-0.2, 0) is 6.54 Å². The fourth-order valence-electron chi connectivity index (χ4n) is 1.36. The first kappa shape index (κ1) is 10.3. The molecule has 0 fully saturated rings. The van der Waals surface area contributed by atoms with Crippen LogP contribution in [0.5, 0.6) is 0 Å². The molecule has 0 N–H and O–H groups in total. The predicted molar refractivity (Wildman–Crippen MR) is 55.7 cm³/mol. The smallest absolute Gasteiger partial charge is 0.0518 e. The molecule has 1 aromatic heterocycles. The summed E-state index contributed by atoms with van der Waals surface area (Å²) in [6.45, 7) is 9.96. The maximum absolute atomic E-state index is 4.25. The van der Waals surface area contributed by atoms with Crippen molar-refractivity contribution in [3.8, 4) is 0 Å². The van der Waals surface area contributed by atoms with E-state index in [9.17, 15) is 0 Å². The van der Waals surface area contributed by atoms with Gasteiger partial charge in [0.05, 0.1) is 6.20 Å². The zero-order valence-electron chi connectivity index (χ0n) is 9.17. The average molecular weight is 180 g/mol. The Balaban J connectivity index is 2.28. The highest BCUT2D eigenvalue weighted by atomic mass is 15.3. The normalized spacial score (nSPS) is 12.0. The van der Waals surface area contributed by atoms with Crippen LogP contribution in [0.2, 0.25) is 0 Å². The highest BCUT2D eigenvalue weighted by Crippen LogP contribution is 2.20. The highest BCUT2D eigenvalue weighted by molar-refractivity contribution is 4.99. The van der Waals surface area contributed by atoms with Gasteiger partial charge in [-0.1, -0.05) is 20.8 Å². The summed E-state index contributed by atoms with van der Waals surface area (Å²) in [5, 5.41) is 4.25. The maximum Gasteiger partial charge on any atom is 0.0518 e. The van der Waals surface area contributed by atoms with E-state index in [1.165, 1.54) is 18.4 Å². The van der Waals surface area contributed by atoms with Gasteiger partial charge in [0.25, 0.3) is 0 Å². The molecule has 1 rings (SSSR count). The zero-order valence-corrected chi connectivity index (χ0v) is 9.17. The largest absolute Gasteiger partial charge is 0.272 e. The van der Waals surface area contributed by atoms with Gasteiger partial charge in [-0.2, -0.15) is 5.10 Å². The topological polar surface area (TPSA) is 17.8 Å². The van der Waals surface area contributed by atoms with Crippen LogP contribution >= 0.6 is 0 Å². The third kappa shape index (κ3) is 4.11. The molecular weight excluding hydrogens is 160 g/mol. The second-order valence-corrected chi connectivity index (χ2v) is 4.94. The Bertz CT molecular complexity index is 255. The molecule has 0 saturated heterocycles. The summed E-state index contributed by atoms with van der Waals surface area (Å²) in [6.07, 6.45) is 6.48. The molecule has 1 heterocycles. The van der Waals surface area contributed by atoms with Gasteiger partial charge in [-0.15, -0.1) is 0 Å². The van der Waals surface area contributed by atoms with Crippen LogP contribution in [0.25, 0.3) is 0 Å². The molecule has 0 saturated carbocycles. The molecule has 0 spiro atoms. The Morgan fingerprint density at radius 1 is 1.38 bits per heavy atom. The van der Waals surface area contributed by atoms with Gasteiger partial charge in [-0.05, 0) is 30.7 Å². The molecule has 0 unspecified atom stereocenters. The first-order valence-electron chi connectivity index (χ1n) is 4.96. The molecule has 0 amide bonds. The van der Waals surface area contributed by atoms with E-state index in [1.54, 1.807) is 0 Å². The Labute approximate surface area is 81.0 Å². The lowest BCUT2D eigenvalue weighted by Crippen LogP contribution is -2.07. The van der Waals surface area contributed by atoms with Crippen LogP contribution < -0.4 is 0 Å². The third-order valence-corrected chi connectivity index (χ3v) is 2.08. The van der Waals surface area contributed by atoms with Crippen molar-refractivity contribution >= 4 is 0 Å². The van der Waals surface area contributed by atoms with Crippen molar-refractivity contribution in [1.29, 1.82) is 0 Å². The van der Waals surface area contributed by atoms with E-state index >= 15 is 0 Å². The molecular formula is C11H20N2. The number of nitrogens with zero attached hydrogens (tertiary/aromatic N) is 2. The van der Waals surface area contributed by atoms with E-state index in [2.05, 4.69) is 39.0 Å².